The van der Waals surface area contributed by atoms with Crippen LogP contribution < -0.4 is 16.1 Å². The van der Waals surface area contributed by atoms with Crippen LogP contribution in [0.15, 0.2) is 51.4 Å². The third-order valence-electron chi connectivity index (χ3n) is 6.37. The Bertz CT molecular complexity index is 1470. The molecule has 0 bridgehead atoms. The first kappa shape index (κ1) is 22.1. The van der Waals surface area contributed by atoms with E-state index in [9.17, 15) is 14.4 Å². The molecule has 0 atom stereocenters. The van der Waals surface area contributed by atoms with E-state index in [-0.39, 0.29) is 11.5 Å². The summed E-state index contributed by atoms with van der Waals surface area (Å²) in [5.74, 6) is 0.677. The highest BCUT2D eigenvalue weighted by atomic mass is 32.1. The van der Waals surface area contributed by atoms with Gasteiger partial charge in [-0.3, -0.25) is 23.3 Å². The average Bonchev–Trinajstić information content (AvgIpc) is 3.51. The van der Waals surface area contributed by atoms with E-state index < -0.39 is 5.69 Å². The quantitative estimate of drug-likeness (QED) is 0.447. The lowest BCUT2D eigenvalue weighted by Crippen LogP contribution is -2.49. The first-order valence-electron chi connectivity index (χ1n) is 11.1. The number of nitrogens with zero attached hydrogens (tertiary/aromatic N) is 6. The number of carbonyl (C=O) groups is 1. The fourth-order valence-electron chi connectivity index (χ4n) is 4.37. The van der Waals surface area contributed by atoms with Crippen molar-refractivity contribution in [1.29, 1.82) is 0 Å². The van der Waals surface area contributed by atoms with Crippen molar-refractivity contribution >= 4 is 34.4 Å². The van der Waals surface area contributed by atoms with Gasteiger partial charge in [0, 0.05) is 40.3 Å². The van der Waals surface area contributed by atoms with Gasteiger partial charge in [-0.25, -0.2) is 4.79 Å². The molecule has 3 aromatic heterocycles. The number of anilines is 1. The third kappa shape index (κ3) is 3.73. The molecule has 0 N–H and O–H groups in total. The van der Waals surface area contributed by atoms with E-state index in [4.69, 9.17) is 4.98 Å². The fourth-order valence-corrected chi connectivity index (χ4v) is 5.06. The third-order valence-corrected chi connectivity index (χ3v) is 7.23. The molecule has 1 saturated heterocycles. The van der Waals surface area contributed by atoms with Gasteiger partial charge in [0.25, 0.3) is 11.5 Å². The number of imidazole rings is 1. The van der Waals surface area contributed by atoms with E-state index in [1.165, 1.54) is 23.0 Å². The van der Waals surface area contributed by atoms with Gasteiger partial charge in [-0.1, -0.05) is 35.9 Å². The summed E-state index contributed by atoms with van der Waals surface area (Å²) in [6.45, 7) is 4.77. The van der Waals surface area contributed by atoms with Crippen molar-refractivity contribution in [3.05, 3.63) is 78.6 Å². The molecule has 0 unspecified atom stereocenters. The van der Waals surface area contributed by atoms with Crippen molar-refractivity contribution in [3.8, 4) is 0 Å². The van der Waals surface area contributed by atoms with Crippen LogP contribution >= 0.6 is 11.3 Å². The van der Waals surface area contributed by atoms with Crippen LogP contribution in [-0.4, -0.2) is 55.7 Å². The first-order chi connectivity index (χ1) is 16.3. The molecule has 0 spiro atoms. The Balaban J connectivity index is 1.54. The van der Waals surface area contributed by atoms with Crippen LogP contribution in [0.25, 0.3) is 11.2 Å². The second-order valence-electron chi connectivity index (χ2n) is 8.62. The molecule has 1 aliphatic heterocycles. The maximum Gasteiger partial charge on any atom is 0.332 e. The van der Waals surface area contributed by atoms with E-state index >= 15 is 0 Å². The zero-order chi connectivity index (χ0) is 24.0. The second kappa shape index (κ2) is 8.60. The number of hydrogen-bond donors (Lipinski definition) is 0. The minimum atomic E-state index is -0.407. The number of rotatable bonds is 4. The Morgan fingerprint density at radius 3 is 2.35 bits per heavy atom. The SMILES string of the molecule is Cc1ccc(Cn2c(N3CCN(C(=O)c4cccs4)CC3)nc3c2c(=O)n(C)c(=O)n3C)cc1. The topological polar surface area (TPSA) is 85.4 Å². The Morgan fingerprint density at radius 1 is 1.00 bits per heavy atom. The lowest BCUT2D eigenvalue weighted by atomic mass is 10.1. The van der Waals surface area contributed by atoms with Gasteiger partial charge in [0.1, 0.15) is 0 Å². The number of aromatic nitrogens is 4. The summed E-state index contributed by atoms with van der Waals surface area (Å²) in [6, 6.07) is 11.9. The Kier molecular flexibility index (Phi) is 5.60. The fraction of sp³-hybridized carbons (Fsp3) is 0.333. The molecule has 4 aromatic rings. The van der Waals surface area contributed by atoms with Crippen LogP contribution in [0.3, 0.4) is 0 Å². The number of fused-ring (bicyclic) bond motifs is 1. The van der Waals surface area contributed by atoms with Gasteiger partial charge < -0.3 is 9.80 Å². The molecule has 1 fully saturated rings. The van der Waals surface area contributed by atoms with Gasteiger partial charge in [-0.05, 0) is 23.9 Å². The standard InChI is InChI=1S/C24H26N6O3S/c1-16-6-8-17(9-7-16)15-30-19-20(26(2)24(33)27(3)22(19)32)25-23(30)29-12-10-28(11-13-29)21(31)18-5-4-14-34-18/h4-9,14H,10-13,15H2,1-3H3. The zero-order valence-corrected chi connectivity index (χ0v) is 20.2. The molecule has 1 aromatic carbocycles. The normalized spacial score (nSPS) is 14.2. The number of thiophene rings is 1. The molecule has 5 rings (SSSR count). The molecule has 9 nitrogen and oxygen atoms in total. The van der Waals surface area contributed by atoms with Crippen molar-refractivity contribution < 1.29 is 4.79 Å². The van der Waals surface area contributed by atoms with Crippen molar-refractivity contribution in [3.63, 3.8) is 0 Å². The summed E-state index contributed by atoms with van der Waals surface area (Å²) in [5.41, 5.74) is 2.19. The summed E-state index contributed by atoms with van der Waals surface area (Å²) in [6.07, 6.45) is 0. The molecular formula is C24H26N6O3S. The van der Waals surface area contributed by atoms with E-state index in [0.717, 1.165) is 20.6 Å². The van der Waals surface area contributed by atoms with Crippen LogP contribution in [0, 0.1) is 6.92 Å². The molecule has 1 aliphatic rings. The van der Waals surface area contributed by atoms with E-state index in [0.29, 0.717) is 49.8 Å². The Morgan fingerprint density at radius 2 is 1.71 bits per heavy atom. The lowest BCUT2D eigenvalue weighted by Gasteiger charge is -2.35. The predicted octanol–water partition coefficient (Wildman–Crippen LogP) is 1.81. The average molecular weight is 479 g/mol. The number of hydrogen-bond acceptors (Lipinski definition) is 6. The highest BCUT2D eigenvalue weighted by Crippen LogP contribution is 2.23. The molecule has 1 amide bonds. The molecule has 0 aliphatic carbocycles. The summed E-state index contributed by atoms with van der Waals surface area (Å²) in [7, 11) is 3.12. The van der Waals surface area contributed by atoms with E-state index in [2.05, 4.69) is 4.90 Å². The van der Waals surface area contributed by atoms with E-state index in [1.807, 2.05) is 58.2 Å². The van der Waals surface area contributed by atoms with Crippen LogP contribution in [0.4, 0.5) is 5.95 Å². The number of amides is 1. The highest BCUT2D eigenvalue weighted by molar-refractivity contribution is 7.12. The largest absolute Gasteiger partial charge is 0.339 e. The van der Waals surface area contributed by atoms with Crippen LogP contribution in [0.1, 0.15) is 20.8 Å². The predicted molar refractivity (Wildman–Crippen MR) is 133 cm³/mol. The van der Waals surface area contributed by atoms with Gasteiger partial charge in [-0.15, -0.1) is 11.3 Å². The number of carbonyl (C=O) groups excluding carboxylic acids is 1. The van der Waals surface area contributed by atoms with Gasteiger partial charge in [0.2, 0.25) is 5.95 Å². The first-order valence-corrected chi connectivity index (χ1v) is 12.0. The maximum atomic E-state index is 13.2. The number of benzene rings is 1. The maximum absolute atomic E-state index is 13.2. The molecule has 176 valence electrons. The van der Waals surface area contributed by atoms with E-state index in [1.54, 1.807) is 7.05 Å². The van der Waals surface area contributed by atoms with Gasteiger partial charge in [0.05, 0.1) is 11.4 Å². The highest BCUT2D eigenvalue weighted by Gasteiger charge is 2.28. The van der Waals surface area contributed by atoms with Gasteiger partial charge >= 0.3 is 5.69 Å². The minimum Gasteiger partial charge on any atom is -0.339 e. The second-order valence-corrected chi connectivity index (χ2v) is 9.57. The molecule has 0 saturated carbocycles. The molecule has 34 heavy (non-hydrogen) atoms. The lowest BCUT2D eigenvalue weighted by molar-refractivity contribution is 0.0751. The number of aryl methyl sites for hydroxylation is 2. The Hall–Kier alpha value is -3.66. The molecule has 4 heterocycles. The van der Waals surface area contributed by atoms with Crippen molar-refractivity contribution in [2.75, 3.05) is 31.1 Å². The van der Waals surface area contributed by atoms with Gasteiger partial charge in [-0.2, -0.15) is 4.98 Å². The smallest absolute Gasteiger partial charge is 0.332 e. The Labute approximate surface area is 200 Å². The summed E-state index contributed by atoms with van der Waals surface area (Å²) in [4.78, 5) is 47.9. The summed E-state index contributed by atoms with van der Waals surface area (Å²) >= 11 is 1.44. The zero-order valence-electron chi connectivity index (χ0n) is 19.4. The van der Waals surface area contributed by atoms with Crippen LogP contribution in [-0.2, 0) is 20.6 Å². The molecular weight excluding hydrogens is 452 g/mol. The minimum absolute atomic E-state index is 0.0408. The van der Waals surface area contributed by atoms with Crippen molar-refractivity contribution in [2.24, 2.45) is 14.1 Å². The molecule has 10 heteroatoms. The monoisotopic (exact) mass is 478 g/mol. The number of piperazine rings is 1. The van der Waals surface area contributed by atoms with Crippen molar-refractivity contribution in [2.45, 2.75) is 13.5 Å². The summed E-state index contributed by atoms with van der Waals surface area (Å²) in [5, 5.41) is 1.90. The molecule has 0 radical (unpaired) electrons. The van der Waals surface area contributed by atoms with Gasteiger partial charge in [0.15, 0.2) is 11.2 Å². The van der Waals surface area contributed by atoms with Crippen LogP contribution in [0.2, 0.25) is 0 Å². The van der Waals surface area contributed by atoms with Crippen LogP contribution in [0.5, 0.6) is 0 Å². The summed E-state index contributed by atoms with van der Waals surface area (Å²) < 4.78 is 4.44. The van der Waals surface area contributed by atoms with Crippen molar-refractivity contribution in [1.82, 2.24) is 23.6 Å².